The van der Waals surface area contributed by atoms with Crippen LogP contribution in [0.3, 0.4) is 0 Å². The molecule has 5 nitrogen and oxygen atoms in total. The van der Waals surface area contributed by atoms with Crippen molar-refractivity contribution in [2.24, 2.45) is 17.7 Å². The van der Waals surface area contributed by atoms with Crippen molar-refractivity contribution in [3.05, 3.63) is 11.9 Å². The zero-order valence-corrected chi connectivity index (χ0v) is 12.6. The van der Waals surface area contributed by atoms with Crippen molar-refractivity contribution in [1.82, 2.24) is 9.97 Å². The van der Waals surface area contributed by atoms with Crippen LogP contribution in [0.2, 0.25) is 0 Å². The number of hydrazine groups is 1. The van der Waals surface area contributed by atoms with E-state index >= 15 is 0 Å². The van der Waals surface area contributed by atoms with Gasteiger partial charge in [0.2, 0.25) is 0 Å². The molecule has 1 saturated heterocycles. The van der Waals surface area contributed by atoms with E-state index in [1.54, 1.807) is 0 Å². The minimum Gasteiger partial charge on any atom is -0.356 e. The highest BCUT2D eigenvalue weighted by molar-refractivity contribution is 5.50. The van der Waals surface area contributed by atoms with Gasteiger partial charge in [-0.15, -0.1) is 0 Å². The lowest BCUT2D eigenvalue weighted by Gasteiger charge is -2.22. The van der Waals surface area contributed by atoms with Gasteiger partial charge in [0.15, 0.2) is 0 Å². The number of nitrogen functional groups attached to an aromatic ring is 1. The van der Waals surface area contributed by atoms with Gasteiger partial charge < -0.3 is 10.3 Å². The molecule has 19 heavy (non-hydrogen) atoms. The van der Waals surface area contributed by atoms with Gasteiger partial charge in [-0.3, -0.25) is 0 Å². The average Bonchev–Trinajstić information content (AvgIpc) is 2.68. The average molecular weight is 263 g/mol. The number of hydrogen-bond donors (Lipinski definition) is 2. The molecule has 5 heteroatoms. The zero-order chi connectivity index (χ0) is 14.2. The van der Waals surface area contributed by atoms with E-state index in [9.17, 15) is 0 Å². The smallest absolute Gasteiger partial charge is 0.145 e. The van der Waals surface area contributed by atoms with Gasteiger partial charge in [-0.1, -0.05) is 34.6 Å². The highest BCUT2D eigenvalue weighted by atomic mass is 15.3. The van der Waals surface area contributed by atoms with Crippen LogP contribution < -0.4 is 16.2 Å². The number of rotatable bonds is 2. The van der Waals surface area contributed by atoms with Crippen LogP contribution in [0.25, 0.3) is 0 Å². The fourth-order valence-electron chi connectivity index (χ4n) is 2.32. The second-order valence-corrected chi connectivity index (χ2v) is 6.69. The first-order valence-corrected chi connectivity index (χ1v) is 6.92. The second kappa shape index (κ2) is 4.96. The van der Waals surface area contributed by atoms with E-state index in [1.807, 2.05) is 6.07 Å². The molecule has 0 spiro atoms. The van der Waals surface area contributed by atoms with Gasteiger partial charge in [0.05, 0.1) is 0 Å². The Morgan fingerprint density at radius 1 is 1.21 bits per heavy atom. The Hall–Kier alpha value is -1.36. The molecule has 0 saturated carbocycles. The highest BCUT2D eigenvalue weighted by Gasteiger charge is 2.28. The molecule has 0 aromatic carbocycles. The van der Waals surface area contributed by atoms with Crippen molar-refractivity contribution in [2.75, 3.05) is 23.4 Å². The molecule has 1 aromatic rings. The molecular formula is C14H25N5. The van der Waals surface area contributed by atoms with E-state index in [4.69, 9.17) is 10.8 Å². The van der Waals surface area contributed by atoms with Crippen molar-refractivity contribution in [3.8, 4) is 0 Å². The maximum absolute atomic E-state index is 5.53. The zero-order valence-electron chi connectivity index (χ0n) is 12.6. The van der Waals surface area contributed by atoms with Gasteiger partial charge in [-0.05, 0) is 11.8 Å². The Labute approximate surface area is 115 Å². The van der Waals surface area contributed by atoms with E-state index in [0.717, 1.165) is 24.7 Å². The normalized spacial score (nSPS) is 23.8. The van der Waals surface area contributed by atoms with Crippen molar-refractivity contribution < 1.29 is 0 Å². The summed E-state index contributed by atoms with van der Waals surface area (Å²) >= 11 is 0. The summed E-state index contributed by atoms with van der Waals surface area (Å²) in [6.07, 6.45) is 0. The third-order valence-electron chi connectivity index (χ3n) is 3.84. The van der Waals surface area contributed by atoms with Crippen molar-refractivity contribution in [2.45, 2.75) is 40.0 Å². The number of nitrogens with zero attached hydrogens (tertiary/aromatic N) is 3. The monoisotopic (exact) mass is 263 g/mol. The number of aromatic nitrogens is 2. The minimum absolute atomic E-state index is 0.0848. The summed E-state index contributed by atoms with van der Waals surface area (Å²) in [5, 5.41) is 0. The Morgan fingerprint density at radius 2 is 1.79 bits per heavy atom. The van der Waals surface area contributed by atoms with E-state index < -0.39 is 0 Å². The van der Waals surface area contributed by atoms with Gasteiger partial charge >= 0.3 is 0 Å². The molecule has 1 aromatic heterocycles. The molecule has 0 radical (unpaired) electrons. The molecule has 2 unspecified atom stereocenters. The van der Waals surface area contributed by atoms with Gasteiger partial charge in [0, 0.05) is 24.6 Å². The minimum atomic E-state index is -0.0848. The molecule has 1 aliphatic rings. The molecule has 0 bridgehead atoms. The van der Waals surface area contributed by atoms with Gasteiger partial charge in [0.25, 0.3) is 0 Å². The van der Waals surface area contributed by atoms with Gasteiger partial charge in [0.1, 0.15) is 17.5 Å². The lowest BCUT2D eigenvalue weighted by atomic mass is 9.96. The summed E-state index contributed by atoms with van der Waals surface area (Å²) in [7, 11) is 0. The molecule has 2 heterocycles. The Bertz CT molecular complexity index is 442. The van der Waals surface area contributed by atoms with Crippen LogP contribution in [-0.4, -0.2) is 23.1 Å². The summed E-state index contributed by atoms with van der Waals surface area (Å²) in [5.41, 5.74) is 2.56. The summed E-state index contributed by atoms with van der Waals surface area (Å²) < 4.78 is 0. The molecule has 106 valence electrons. The van der Waals surface area contributed by atoms with E-state index in [0.29, 0.717) is 17.7 Å². The fourth-order valence-corrected chi connectivity index (χ4v) is 2.32. The Morgan fingerprint density at radius 3 is 2.26 bits per heavy atom. The van der Waals surface area contributed by atoms with Crippen LogP contribution in [0.4, 0.5) is 11.6 Å². The highest BCUT2D eigenvalue weighted by Crippen LogP contribution is 2.29. The van der Waals surface area contributed by atoms with Crippen molar-refractivity contribution in [3.63, 3.8) is 0 Å². The topological polar surface area (TPSA) is 67.1 Å². The number of anilines is 2. The molecule has 1 aliphatic heterocycles. The molecule has 3 N–H and O–H groups in total. The van der Waals surface area contributed by atoms with Crippen molar-refractivity contribution >= 4 is 11.6 Å². The maximum atomic E-state index is 5.53. The third-order valence-corrected chi connectivity index (χ3v) is 3.84. The Kier molecular flexibility index (Phi) is 3.67. The first-order valence-electron chi connectivity index (χ1n) is 6.92. The standard InChI is InChI=1S/C14H25N5/c1-9-7-19(8-10(9)2)12-6-11(18-15)16-13(17-12)14(3,4)5/h6,9-10H,7-8,15H2,1-5H3,(H,16,17,18). The number of hydrogen-bond acceptors (Lipinski definition) is 5. The van der Waals surface area contributed by atoms with E-state index in [2.05, 4.69) is 49.9 Å². The van der Waals surface area contributed by atoms with Crippen LogP contribution in [0.1, 0.15) is 40.4 Å². The lowest BCUT2D eigenvalue weighted by molar-refractivity contribution is 0.494. The molecule has 2 atom stereocenters. The molecular weight excluding hydrogens is 238 g/mol. The van der Waals surface area contributed by atoms with Crippen LogP contribution in [0, 0.1) is 11.8 Å². The van der Waals surface area contributed by atoms with Gasteiger partial charge in [-0.25, -0.2) is 15.8 Å². The second-order valence-electron chi connectivity index (χ2n) is 6.69. The summed E-state index contributed by atoms with van der Waals surface area (Å²) in [6.45, 7) is 13.0. The number of nitrogens with two attached hydrogens (primary N) is 1. The first-order chi connectivity index (χ1) is 8.81. The molecule has 0 aliphatic carbocycles. The SMILES string of the molecule is CC1CN(c2cc(NN)nc(C(C)(C)C)n2)CC1C. The fraction of sp³-hybridized carbons (Fsp3) is 0.714. The van der Waals surface area contributed by atoms with Crippen LogP contribution in [0.15, 0.2) is 6.07 Å². The molecule has 1 fully saturated rings. The third kappa shape index (κ3) is 2.97. The molecule has 2 rings (SSSR count). The first kappa shape index (κ1) is 14.1. The quantitative estimate of drug-likeness (QED) is 0.632. The lowest BCUT2D eigenvalue weighted by Crippen LogP contribution is -2.25. The summed E-state index contributed by atoms with van der Waals surface area (Å²) in [5.74, 6) is 9.40. The number of nitrogens with one attached hydrogen (secondary N) is 1. The van der Waals surface area contributed by atoms with Gasteiger partial charge in [-0.2, -0.15) is 0 Å². The maximum Gasteiger partial charge on any atom is 0.145 e. The predicted octanol–water partition coefficient (Wildman–Crippen LogP) is 2.15. The Balaban J connectivity index is 2.35. The predicted molar refractivity (Wildman–Crippen MR) is 79.1 cm³/mol. The molecule has 0 amide bonds. The van der Waals surface area contributed by atoms with Crippen LogP contribution >= 0.6 is 0 Å². The van der Waals surface area contributed by atoms with Crippen LogP contribution in [0.5, 0.6) is 0 Å². The summed E-state index contributed by atoms with van der Waals surface area (Å²) in [4.78, 5) is 11.5. The largest absolute Gasteiger partial charge is 0.356 e. The van der Waals surface area contributed by atoms with E-state index in [-0.39, 0.29) is 5.41 Å². The summed E-state index contributed by atoms with van der Waals surface area (Å²) in [6, 6.07) is 1.93. The van der Waals surface area contributed by atoms with Crippen molar-refractivity contribution in [1.29, 1.82) is 0 Å². The van der Waals surface area contributed by atoms with Crippen LogP contribution in [-0.2, 0) is 5.41 Å². The van der Waals surface area contributed by atoms with E-state index in [1.165, 1.54) is 0 Å².